The van der Waals surface area contributed by atoms with Gasteiger partial charge in [-0.25, -0.2) is 0 Å². The summed E-state index contributed by atoms with van der Waals surface area (Å²) >= 11 is 0. The normalized spacial score (nSPS) is 10.8. The van der Waals surface area contributed by atoms with Gasteiger partial charge in [-0.2, -0.15) is 4.98 Å². The fourth-order valence-electron chi connectivity index (χ4n) is 2.85. The second-order valence-corrected chi connectivity index (χ2v) is 5.98. The van der Waals surface area contributed by atoms with Crippen LogP contribution in [0.1, 0.15) is 11.4 Å². The molecule has 0 bridgehead atoms. The highest BCUT2D eigenvalue weighted by atomic mass is 16.5. The third kappa shape index (κ3) is 3.47. The summed E-state index contributed by atoms with van der Waals surface area (Å²) in [5.74, 6) is 0.658. The molecule has 0 aliphatic heterocycles. The van der Waals surface area contributed by atoms with Crippen LogP contribution in [0.2, 0.25) is 0 Å². The Labute approximate surface area is 150 Å². The van der Waals surface area contributed by atoms with Crippen LogP contribution >= 0.6 is 0 Å². The summed E-state index contributed by atoms with van der Waals surface area (Å²) in [4.78, 5) is 16.5. The predicted molar refractivity (Wildman–Crippen MR) is 99.2 cm³/mol. The van der Waals surface area contributed by atoms with Crippen molar-refractivity contribution in [1.82, 2.24) is 15.5 Å². The number of benzene rings is 3. The maximum absolute atomic E-state index is 12.1. The van der Waals surface area contributed by atoms with Gasteiger partial charge in [-0.05, 0) is 22.4 Å². The lowest BCUT2D eigenvalue weighted by Gasteiger charge is -2.03. The van der Waals surface area contributed by atoms with E-state index in [4.69, 9.17) is 4.52 Å². The monoisotopic (exact) mass is 343 g/mol. The SMILES string of the molecule is O=C(Cc1noc(-c2cccc3ccccc23)n1)NCc1ccccc1. The number of carbonyl (C=O) groups excluding carboxylic acids is 1. The number of hydrogen-bond acceptors (Lipinski definition) is 4. The zero-order valence-corrected chi connectivity index (χ0v) is 14.1. The Balaban J connectivity index is 1.47. The minimum absolute atomic E-state index is 0.0844. The highest BCUT2D eigenvalue weighted by Gasteiger charge is 2.14. The van der Waals surface area contributed by atoms with Crippen molar-refractivity contribution in [3.05, 3.63) is 84.2 Å². The molecule has 0 saturated heterocycles. The first-order valence-corrected chi connectivity index (χ1v) is 8.41. The Morgan fingerprint density at radius 1 is 0.923 bits per heavy atom. The van der Waals surface area contributed by atoms with Gasteiger partial charge >= 0.3 is 0 Å². The fourth-order valence-corrected chi connectivity index (χ4v) is 2.85. The van der Waals surface area contributed by atoms with E-state index in [1.165, 1.54) is 0 Å². The molecule has 5 heteroatoms. The molecule has 0 fully saturated rings. The van der Waals surface area contributed by atoms with Gasteiger partial charge in [-0.1, -0.05) is 71.9 Å². The lowest BCUT2D eigenvalue weighted by atomic mass is 10.0. The number of amides is 1. The van der Waals surface area contributed by atoms with Gasteiger partial charge in [0.1, 0.15) is 0 Å². The average Bonchev–Trinajstić information content (AvgIpc) is 3.15. The van der Waals surface area contributed by atoms with Crippen LogP contribution in [0.3, 0.4) is 0 Å². The maximum Gasteiger partial charge on any atom is 0.258 e. The summed E-state index contributed by atoms with van der Waals surface area (Å²) in [6.07, 6.45) is 0.0844. The van der Waals surface area contributed by atoms with Crippen LogP contribution in [0.4, 0.5) is 0 Å². The molecule has 0 aliphatic carbocycles. The molecule has 4 aromatic rings. The zero-order valence-electron chi connectivity index (χ0n) is 14.1. The second kappa shape index (κ2) is 7.19. The summed E-state index contributed by atoms with van der Waals surface area (Å²) in [6, 6.07) is 23.7. The Hall–Kier alpha value is -3.47. The maximum atomic E-state index is 12.1. The first-order chi connectivity index (χ1) is 12.8. The topological polar surface area (TPSA) is 68.0 Å². The number of nitrogens with zero attached hydrogens (tertiary/aromatic N) is 2. The number of carbonyl (C=O) groups is 1. The standard InChI is InChI=1S/C21H17N3O2/c25-20(22-14-15-7-2-1-3-8-15)13-19-23-21(26-24-19)18-12-6-10-16-9-4-5-11-17(16)18/h1-12H,13-14H2,(H,22,25). The zero-order chi connectivity index (χ0) is 17.8. The summed E-state index contributed by atoms with van der Waals surface area (Å²) in [5.41, 5.74) is 1.91. The van der Waals surface area contributed by atoms with Crippen molar-refractivity contribution in [2.45, 2.75) is 13.0 Å². The quantitative estimate of drug-likeness (QED) is 0.599. The Morgan fingerprint density at radius 3 is 2.58 bits per heavy atom. The van der Waals surface area contributed by atoms with Gasteiger partial charge in [-0.3, -0.25) is 4.79 Å². The van der Waals surface area contributed by atoms with Crippen molar-refractivity contribution in [3.8, 4) is 11.5 Å². The molecule has 0 radical (unpaired) electrons. The molecule has 0 atom stereocenters. The lowest BCUT2D eigenvalue weighted by Crippen LogP contribution is -2.24. The van der Waals surface area contributed by atoms with E-state index in [0.717, 1.165) is 21.9 Å². The molecular weight excluding hydrogens is 326 g/mol. The largest absolute Gasteiger partial charge is 0.352 e. The average molecular weight is 343 g/mol. The second-order valence-electron chi connectivity index (χ2n) is 5.98. The van der Waals surface area contributed by atoms with Crippen LogP contribution in [0, 0.1) is 0 Å². The van der Waals surface area contributed by atoms with Crippen LogP contribution in [-0.2, 0) is 17.8 Å². The van der Waals surface area contributed by atoms with E-state index in [2.05, 4.69) is 15.5 Å². The van der Waals surface area contributed by atoms with Crippen LogP contribution in [-0.4, -0.2) is 16.0 Å². The summed E-state index contributed by atoms with van der Waals surface area (Å²) in [7, 11) is 0. The van der Waals surface area contributed by atoms with E-state index in [0.29, 0.717) is 18.3 Å². The van der Waals surface area contributed by atoms with Gasteiger partial charge < -0.3 is 9.84 Å². The van der Waals surface area contributed by atoms with Gasteiger partial charge in [0, 0.05) is 12.1 Å². The Bertz CT molecular complexity index is 1040. The molecule has 26 heavy (non-hydrogen) atoms. The Morgan fingerprint density at radius 2 is 1.69 bits per heavy atom. The lowest BCUT2D eigenvalue weighted by molar-refractivity contribution is -0.120. The van der Waals surface area contributed by atoms with Crippen LogP contribution < -0.4 is 5.32 Å². The van der Waals surface area contributed by atoms with Crippen LogP contribution in [0.5, 0.6) is 0 Å². The number of nitrogens with one attached hydrogen (secondary N) is 1. The third-order valence-corrected chi connectivity index (χ3v) is 4.14. The summed E-state index contributed by atoms with van der Waals surface area (Å²) in [6.45, 7) is 0.480. The summed E-state index contributed by atoms with van der Waals surface area (Å²) < 4.78 is 5.38. The minimum Gasteiger partial charge on any atom is -0.352 e. The molecule has 1 heterocycles. The van der Waals surface area contributed by atoms with Gasteiger partial charge in [0.05, 0.1) is 6.42 Å². The molecule has 1 amide bonds. The van der Waals surface area contributed by atoms with Gasteiger partial charge in [-0.15, -0.1) is 0 Å². The van der Waals surface area contributed by atoms with E-state index in [-0.39, 0.29) is 12.3 Å². The van der Waals surface area contributed by atoms with Crippen molar-refractivity contribution in [1.29, 1.82) is 0 Å². The molecule has 3 aromatic carbocycles. The molecule has 0 aliphatic rings. The van der Waals surface area contributed by atoms with E-state index >= 15 is 0 Å². The minimum atomic E-state index is -0.140. The van der Waals surface area contributed by atoms with Crippen molar-refractivity contribution >= 4 is 16.7 Å². The molecule has 0 saturated carbocycles. The molecule has 5 nitrogen and oxygen atoms in total. The Kier molecular flexibility index (Phi) is 4.43. The predicted octanol–water partition coefficient (Wildman–Crippen LogP) is 3.75. The number of aromatic nitrogens is 2. The van der Waals surface area contributed by atoms with E-state index in [9.17, 15) is 4.79 Å². The van der Waals surface area contributed by atoms with Crippen LogP contribution in [0.15, 0.2) is 77.3 Å². The molecule has 0 spiro atoms. The fraction of sp³-hybridized carbons (Fsp3) is 0.0952. The van der Waals surface area contributed by atoms with Gasteiger partial charge in [0.25, 0.3) is 5.89 Å². The third-order valence-electron chi connectivity index (χ3n) is 4.14. The van der Waals surface area contributed by atoms with Gasteiger partial charge in [0.15, 0.2) is 5.82 Å². The number of hydrogen-bond donors (Lipinski definition) is 1. The first-order valence-electron chi connectivity index (χ1n) is 8.41. The summed E-state index contributed by atoms with van der Waals surface area (Å²) in [5, 5.41) is 8.96. The smallest absolute Gasteiger partial charge is 0.258 e. The van der Waals surface area contributed by atoms with Crippen LogP contribution in [0.25, 0.3) is 22.2 Å². The molecule has 1 aromatic heterocycles. The number of fused-ring (bicyclic) bond motifs is 1. The molecule has 0 unspecified atom stereocenters. The van der Waals surface area contributed by atoms with E-state index < -0.39 is 0 Å². The van der Waals surface area contributed by atoms with E-state index in [1.807, 2.05) is 72.8 Å². The highest BCUT2D eigenvalue weighted by Crippen LogP contribution is 2.27. The highest BCUT2D eigenvalue weighted by molar-refractivity contribution is 5.94. The first kappa shape index (κ1) is 16.0. The van der Waals surface area contributed by atoms with Crippen molar-refractivity contribution in [2.24, 2.45) is 0 Å². The molecule has 1 N–H and O–H groups in total. The molecule has 128 valence electrons. The van der Waals surface area contributed by atoms with Gasteiger partial charge in [0.2, 0.25) is 5.91 Å². The molecular formula is C21H17N3O2. The van der Waals surface area contributed by atoms with Crippen molar-refractivity contribution in [2.75, 3.05) is 0 Å². The van der Waals surface area contributed by atoms with E-state index in [1.54, 1.807) is 0 Å². The van der Waals surface area contributed by atoms with Crippen molar-refractivity contribution in [3.63, 3.8) is 0 Å². The number of rotatable bonds is 5. The molecule has 4 rings (SSSR count). The van der Waals surface area contributed by atoms with Crippen molar-refractivity contribution < 1.29 is 9.32 Å².